The number of halogens is 1. The smallest absolute Gasteiger partial charge is 0.161 e. The van der Waals surface area contributed by atoms with E-state index in [9.17, 15) is 0 Å². The van der Waals surface area contributed by atoms with Crippen molar-refractivity contribution < 1.29 is 0 Å². The first-order valence-corrected chi connectivity index (χ1v) is 7.39. The predicted molar refractivity (Wildman–Crippen MR) is 78.3 cm³/mol. The van der Waals surface area contributed by atoms with Crippen LogP contribution in [0.1, 0.15) is 25.5 Å². The summed E-state index contributed by atoms with van der Waals surface area (Å²) in [7, 11) is 0. The van der Waals surface area contributed by atoms with Crippen molar-refractivity contribution >= 4 is 23.4 Å². The fourth-order valence-electron chi connectivity index (χ4n) is 1.60. The molecule has 1 aromatic carbocycles. The van der Waals surface area contributed by atoms with Crippen molar-refractivity contribution in [2.75, 3.05) is 6.26 Å². The van der Waals surface area contributed by atoms with Gasteiger partial charge in [0.25, 0.3) is 0 Å². The maximum Gasteiger partial charge on any atom is 0.161 e. The molecular weight excluding hydrogens is 264 g/mol. The van der Waals surface area contributed by atoms with E-state index in [-0.39, 0.29) is 0 Å². The molecule has 0 spiro atoms. The van der Waals surface area contributed by atoms with Crippen LogP contribution in [0.2, 0.25) is 5.15 Å². The standard InChI is InChI=1S/C14H15ClN2S/c1-9(2)12-8-13(15)17-14(16-12)10-4-6-11(18-3)7-5-10/h4-9H,1-3H3. The second-order valence-electron chi connectivity index (χ2n) is 4.32. The zero-order valence-electron chi connectivity index (χ0n) is 10.6. The Balaban J connectivity index is 2.42. The van der Waals surface area contributed by atoms with E-state index < -0.39 is 0 Å². The molecule has 0 amide bonds. The number of thioether (sulfide) groups is 1. The average molecular weight is 279 g/mol. The van der Waals surface area contributed by atoms with E-state index in [0.717, 1.165) is 11.3 Å². The van der Waals surface area contributed by atoms with E-state index in [4.69, 9.17) is 11.6 Å². The maximum absolute atomic E-state index is 6.05. The van der Waals surface area contributed by atoms with E-state index in [1.165, 1.54) is 4.90 Å². The topological polar surface area (TPSA) is 25.8 Å². The van der Waals surface area contributed by atoms with Crippen LogP contribution in [0.3, 0.4) is 0 Å². The van der Waals surface area contributed by atoms with Crippen LogP contribution < -0.4 is 0 Å². The first-order chi connectivity index (χ1) is 8.60. The number of rotatable bonds is 3. The molecule has 0 N–H and O–H groups in total. The highest BCUT2D eigenvalue weighted by molar-refractivity contribution is 7.98. The highest BCUT2D eigenvalue weighted by Crippen LogP contribution is 2.24. The van der Waals surface area contributed by atoms with E-state index in [0.29, 0.717) is 16.9 Å². The molecule has 0 aliphatic carbocycles. The number of hydrogen-bond donors (Lipinski definition) is 0. The molecule has 0 unspecified atom stereocenters. The Hall–Kier alpha value is -1.06. The number of aromatic nitrogens is 2. The van der Waals surface area contributed by atoms with E-state index in [2.05, 4.69) is 42.2 Å². The van der Waals surface area contributed by atoms with Gasteiger partial charge in [-0.2, -0.15) is 0 Å². The van der Waals surface area contributed by atoms with Crippen molar-refractivity contribution in [3.63, 3.8) is 0 Å². The molecule has 18 heavy (non-hydrogen) atoms. The van der Waals surface area contributed by atoms with E-state index in [1.807, 2.05) is 18.2 Å². The van der Waals surface area contributed by atoms with Gasteiger partial charge in [-0.05, 0) is 30.4 Å². The van der Waals surface area contributed by atoms with Crippen LogP contribution in [0.4, 0.5) is 0 Å². The van der Waals surface area contributed by atoms with Gasteiger partial charge >= 0.3 is 0 Å². The van der Waals surface area contributed by atoms with Crippen molar-refractivity contribution in [2.45, 2.75) is 24.7 Å². The van der Waals surface area contributed by atoms with E-state index >= 15 is 0 Å². The minimum Gasteiger partial charge on any atom is -0.233 e. The fraction of sp³-hybridized carbons (Fsp3) is 0.286. The van der Waals surface area contributed by atoms with Crippen molar-refractivity contribution in [3.8, 4) is 11.4 Å². The Morgan fingerprint density at radius 3 is 2.33 bits per heavy atom. The van der Waals surface area contributed by atoms with Gasteiger partial charge in [-0.15, -0.1) is 11.8 Å². The molecular formula is C14H15ClN2S. The summed E-state index contributed by atoms with van der Waals surface area (Å²) in [4.78, 5) is 10.1. The van der Waals surface area contributed by atoms with Crippen LogP contribution in [0.25, 0.3) is 11.4 Å². The van der Waals surface area contributed by atoms with Gasteiger partial charge < -0.3 is 0 Å². The van der Waals surface area contributed by atoms with Crippen LogP contribution in [0.5, 0.6) is 0 Å². The molecule has 0 radical (unpaired) electrons. The van der Waals surface area contributed by atoms with Gasteiger partial charge in [0, 0.05) is 16.2 Å². The van der Waals surface area contributed by atoms with E-state index in [1.54, 1.807) is 11.8 Å². The summed E-state index contributed by atoms with van der Waals surface area (Å²) in [6, 6.07) is 10.0. The normalized spacial score (nSPS) is 10.9. The third kappa shape index (κ3) is 3.03. The molecule has 4 heteroatoms. The lowest BCUT2D eigenvalue weighted by molar-refractivity contribution is 0.817. The summed E-state index contributed by atoms with van der Waals surface area (Å²) < 4.78 is 0. The van der Waals surface area contributed by atoms with Crippen molar-refractivity contribution in [1.82, 2.24) is 9.97 Å². The molecule has 0 saturated carbocycles. The van der Waals surface area contributed by atoms with Gasteiger partial charge in [-0.1, -0.05) is 37.6 Å². The van der Waals surface area contributed by atoms with Crippen molar-refractivity contribution in [2.24, 2.45) is 0 Å². The molecule has 0 saturated heterocycles. The van der Waals surface area contributed by atoms with Crippen LogP contribution in [-0.2, 0) is 0 Å². The van der Waals surface area contributed by atoms with Gasteiger partial charge in [0.05, 0.1) is 0 Å². The summed E-state index contributed by atoms with van der Waals surface area (Å²) in [5.41, 5.74) is 1.97. The molecule has 0 atom stereocenters. The molecule has 1 heterocycles. The third-order valence-corrected chi connectivity index (χ3v) is 3.59. The zero-order valence-corrected chi connectivity index (χ0v) is 12.2. The number of hydrogen-bond acceptors (Lipinski definition) is 3. The molecule has 0 fully saturated rings. The van der Waals surface area contributed by atoms with Crippen LogP contribution in [-0.4, -0.2) is 16.2 Å². The molecule has 1 aromatic heterocycles. The molecule has 0 aliphatic heterocycles. The summed E-state index contributed by atoms with van der Waals surface area (Å²) >= 11 is 7.76. The molecule has 2 rings (SSSR count). The lowest BCUT2D eigenvalue weighted by atomic mass is 10.1. The Labute approximate surface area is 117 Å². The highest BCUT2D eigenvalue weighted by Gasteiger charge is 2.08. The first kappa shape index (κ1) is 13.4. The predicted octanol–water partition coefficient (Wildman–Crippen LogP) is 4.64. The molecule has 2 nitrogen and oxygen atoms in total. The van der Waals surface area contributed by atoms with Crippen molar-refractivity contribution in [1.29, 1.82) is 0 Å². The quantitative estimate of drug-likeness (QED) is 0.604. The Morgan fingerprint density at radius 2 is 1.78 bits per heavy atom. The fourth-order valence-corrected chi connectivity index (χ4v) is 2.20. The van der Waals surface area contributed by atoms with Crippen LogP contribution >= 0.6 is 23.4 Å². The van der Waals surface area contributed by atoms with Gasteiger partial charge in [0.2, 0.25) is 0 Å². The number of benzene rings is 1. The average Bonchev–Trinajstić information content (AvgIpc) is 2.38. The van der Waals surface area contributed by atoms with Gasteiger partial charge in [-0.3, -0.25) is 0 Å². The number of nitrogens with zero attached hydrogens (tertiary/aromatic N) is 2. The lowest BCUT2D eigenvalue weighted by Gasteiger charge is -2.08. The minimum atomic E-state index is 0.342. The second-order valence-corrected chi connectivity index (χ2v) is 5.59. The highest BCUT2D eigenvalue weighted by atomic mass is 35.5. The summed E-state index contributed by atoms with van der Waals surface area (Å²) in [5, 5.41) is 0.498. The van der Waals surface area contributed by atoms with Gasteiger partial charge in [0.15, 0.2) is 5.82 Å². The van der Waals surface area contributed by atoms with Crippen molar-refractivity contribution in [3.05, 3.63) is 41.2 Å². The van der Waals surface area contributed by atoms with Crippen LogP contribution in [0, 0.1) is 0 Å². The SMILES string of the molecule is CSc1ccc(-c2nc(Cl)cc(C(C)C)n2)cc1. The Morgan fingerprint density at radius 1 is 1.11 bits per heavy atom. The largest absolute Gasteiger partial charge is 0.233 e. The monoisotopic (exact) mass is 278 g/mol. The first-order valence-electron chi connectivity index (χ1n) is 5.79. The van der Waals surface area contributed by atoms with Crippen LogP contribution in [0.15, 0.2) is 35.2 Å². The maximum atomic E-state index is 6.05. The van der Waals surface area contributed by atoms with Gasteiger partial charge in [-0.25, -0.2) is 9.97 Å². The third-order valence-electron chi connectivity index (χ3n) is 2.65. The second kappa shape index (κ2) is 5.72. The lowest BCUT2D eigenvalue weighted by Crippen LogP contribution is -1.98. The summed E-state index contributed by atoms with van der Waals surface area (Å²) in [6.45, 7) is 4.19. The Kier molecular flexibility index (Phi) is 4.25. The summed E-state index contributed by atoms with van der Waals surface area (Å²) in [5.74, 6) is 1.04. The summed E-state index contributed by atoms with van der Waals surface area (Å²) in [6.07, 6.45) is 2.06. The van der Waals surface area contributed by atoms with Gasteiger partial charge in [0.1, 0.15) is 5.15 Å². The molecule has 0 bridgehead atoms. The molecule has 0 aliphatic rings. The zero-order chi connectivity index (χ0) is 13.1. The minimum absolute atomic E-state index is 0.342. The molecule has 2 aromatic rings. The molecule has 94 valence electrons. The Bertz CT molecular complexity index is 538.